The molecule has 0 aromatic heterocycles. The van der Waals surface area contributed by atoms with Crippen molar-refractivity contribution < 1.29 is 38.7 Å². The summed E-state index contributed by atoms with van der Waals surface area (Å²) in [5, 5.41) is 21.7. The Hall–Kier alpha value is -1.87. The maximum atomic E-state index is 12.3. The standard InChI is InChI=1S/C28H42O8/c1-15-21(32-6)19(23(29)30)18-20(25(34-8)36-24(18)33-7)22(15)35-14-17-27(4)12-9-11-26(2,3)16(27)10-13-28(17,5)31/h16-17,24-25,31H,9-14H2,1-8H3,(H,29,30). The predicted octanol–water partition coefficient (Wildman–Crippen LogP) is 5.39. The number of fused-ring (bicyclic) bond motifs is 2. The Morgan fingerprint density at radius 1 is 1.00 bits per heavy atom. The zero-order valence-corrected chi connectivity index (χ0v) is 22.9. The first kappa shape index (κ1) is 27.2. The number of ether oxygens (including phenoxy) is 5. The van der Waals surface area contributed by atoms with Crippen molar-refractivity contribution in [1.82, 2.24) is 0 Å². The third-order valence-corrected chi connectivity index (χ3v) is 9.43. The zero-order chi connectivity index (χ0) is 26.6. The Morgan fingerprint density at radius 2 is 1.64 bits per heavy atom. The van der Waals surface area contributed by atoms with Crippen molar-refractivity contribution in [3.05, 3.63) is 22.3 Å². The minimum atomic E-state index is -1.14. The third kappa shape index (κ3) is 4.10. The molecule has 3 aliphatic rings. The molecule has 36 heavy (non-hydrogen) atoms. The molecule has 0 radical (unpaired) electrons. The summed E-state index contributed by atoms with van der Waals surface area (Å²) in [5.41, 5.74) is 0.608. The van der Waals surface area contributed by atoms with Crippen molar-refractivity contribution in [1.29, 1.82) is 0 Å². The van der Waals surface area contributed by atoms with E-state index in [1.54, 1.807) is 6.92 Å². The second-order valence-corrected chi connectivity index (χ2v) is 11.9. The summed E-state index contributed by atoms with van der Waals surface area (Å²) in [5.74, 6) is -0.0942. The average Bonchev–Trinajstić information content (AvgIpc) is 3.16. The van der Waals surface area contributed by atoms with Crippen LogP contribution in [0.15, 0.2) is 0 Å². The van der Waals surface area contributed by atoms with Crippen LogP contribution in [-0.2, 0) is 14.2 Å². The lowest BCUT2D eigenvalue weighted by Gasteiger charge is -2.61. The van der Waals surface area contributed by atoms with Gasteiger partial charge in [-0.3, -0.25) is 0 Å². The fourth-order valence-electron chi connectivity index (χ4n) is 7.76. The van der Waals surface area contributed by atoms with Crippen LogP contribution < -0.4 is 9.47 Å². The van der Waals surface area contributed by atoms with E-state index in [2.05, 4.69) is 20.8 Å². The molecular weight excluding hydrogens is 464 g/mol. The van der Waals surface area contributed by atoms with Gasteiger partial charge in [0.2, 0.25) is 0 Å². The van der Waals surface area contributed by atoms with Gasteiger partial charge < -0.3 is 33.9 Å². The molecule has 8 nitrogen and oxygen atoms in total. The van der Waals surface area contributed by atoms with Crippen LogP contribution in [-0.4, -0.2) is 49.7 Å². The maximum Gasteiger partial charge on any atom is 0.339 e. The molecule has 0 bridgehead atoms. The van der Waals surface area contributed by atoms with Crippen LogP contribution in [0.1, 0.15) is 99.4 Å². The predicted molar refractivity (Wildman–Crippen MR) is 133 cm³/mol. The van der Waals surface area contributed by atoms with E-state index in [9.17, 15) is 15.0 Å². The molecule has 0 spiro atoms. The lowest BCUT2D eigenvalue weighted by atomic mass is 9.46. The van der Waals surface area contributed by atoms with E-state index in [1.807, 2.05) is 6.92 Å². The summed E-state index contributed by atoms with van der Waals surface area (Å²) in [6.45, 7) is 11.0. The number of rotatable bonds is 7. The molecular formula is C28H42O8. The molecule has 2 aliphatic carbocycles. The molecule has 4 rings (SSSR count). The van der Waals surface area contributed by atoms with Crippen molar-refractivity contribution in [2.24, 2.45) is 22.7 Å². The third-order valence-electron chi connectivity index (χ3n) is 9.43. The molecule has 8 heteroatoms. The lowest BCUT2D eigenvalue weighted by Crippen LogP contribution is -2.59. The summed E-state index contributed by atoms with van der Waals surface area (Å²) in [4.78, 5) is 12.3. The van der Waals surface area contributed by atoms with Gasteiger partial charge in [-0.2, -0.15) is 0 Å². The van der Waals surface area contributed by atoms with Gasteiger partial charge in [0.1, 0.15) is 17.1 Å². The van der Waals surface area contributed by atoms with Gasteiger partial charge in [0.25, 0.3) is 0 Å². The van der Waals surface area contributed by atoms with E-state index in [4.69, 9.17) is 23.7 Å². The summed E-state index contributed by atoms with van der Waals surface area (Å²) in [7, 11) is 4.39. The van der Waals surface area contributed by atoms with Gasteiger partial charge in [0.05, 0.1) is 24.9 Å². The second-order valence-electron chi connectivity index (χ2n) is 11.9. The van der Waals surface area contributed by atoms with Crippen molar-refractivity contribution in [3.8, 4) is 11.5 Å². The molecule has 2 N–H and O–H groups in total. The fourth-order valence-corrected chi connectivity index (χ4v) is 7.76. The SMILES string of the molecule is COc1c(C)c(OCC2C(C)(O)CCC3C(C)(C)CCCC32C)c2c(c1C(=O)O)C(OC)OC2OC. The molecule has 6 unspecified atom stereocenters. The maximum absolute atomic E-state index is 12.3. The smallest absolute Gasteiger partial charge is 0.339 e. The van der Waals surface area contributed by atoms with Gasteiger partial charge >= 0.3 is 5.97 Å². The first-order valence-corrected chi connectivity index (χ1v) is 12.9. The van der Waals surface area contributed by atoms with Crippen molar-refractivity contribution in [2.45, 2.75) is 84.9 Å². The van der Waals surface area contributed by atoms with Crippen LogP contribution in [0.5, 0.6) is 11.5 Å². The van der Waals surface area contributed by atoms with E-state index in [0.29, 0.717) is 28.4 Å². The lowest BCUT2D eigenvalue weighted by molar-refractivity contribution is -0.217. The Bertz CT molecular complexity index is 1020. The Morgan fingerprint density at radius 3 is 2.22 bits per heavy atom. The van der Waals surface area contributed by atoms with Crippen LogP contribution in [0.3, 0.4) is 0 Å². The molecule has 0 amide bonds. The molecule has 0 saturated heterocycles. The van der Waals surface area contributed by atoms with Crippen LogP contribution in [0.4, 0.5) is 0 Å². The van der Waals surface area contributed by atoms with E-state index in [1.165, 1.54) is 27.8 Å². The molecule has 202 valence electrons. The van der Waals surface area contributed by atoms with Gasteiger partial charge in [-0.15, -0.1) is 0 Å². The van der Waals surface area contributed by atoms with Crippen molar-refractivity contribution in [2.75, 3.05) is 27.9 Å². The van der Waals surface area contributed by atoms with Gasteiger partial charge in [-0.05, 0) is 56.3 Å². The normalized spacial score (nSPS) is 35.1. The number of aliphatic hydroxyl groups is 1. The highest BCUT2D eigenvalue weighted by Crippen LogP contribution is 2.62. The molecule has 2 saturated carbocycles. The van der Waals surface area contributed by atoms with Crippen molar-refractivity contribution in [3.63, 3.8) is 0 Å². The Kier molecular flexibility index (Phi) is 7.14. The molecule has 6 atom stereocenters. The van der Waals surface area contributed by atoms with Gasteiger partial charge in [-0.25, -0.2) is 4.79 Å². The van der Waals surface area contributed by atoms with E-state index in [-0.39, 0.29) is 34.7 Å². The fraction of sp³-hybridized carbons (Fsp3) is 0.750. The number of hydrogen-bond donors (Lipinski definition) is 2. The summed E-state index contributed by atoms with van der Waals surface area (Å²) in [6, 6.07) is 0. The van der Waals surface area contributed by atoms with Crippen LogP contribution in [0.2, 0.25) is 0 Å². The summed E-state index contributed by atoms with van der Waals surface area (Å²) < 4.78 is 29.1. The number of carboxylic acids is 1. The molecule has 1 heterocycles. The first-order valence-electron chi connectivity index (χ1n) is 12.9. The van der Waals surface area contributed by atoms with E-state index >= 15 is 0 Å². The van der Waals surface area contributed by atoms with Crippen LogP contribution in [0.25, 0.3) is 0 Å². The minimum Gasteiger partial charge on any atom is -0.495 e. The number of benzene rings is 1. The van der Waals surface area contributed by atoms with Gasteiger partial charge in [0.15, 0.2) is 12.6 Å². The first-order chi connectivity index (χ1) is 16.8. The van der Waals surface area contributed by atoms with Crippen LogP contribution in [0, 0.1) is 29.6 Å². The highest BCUT2D eigenvalue weighted by Gasteiger charge is 2.58. The average molecular weight is 507 g/mol. The minimum absolute atomic E-state index is 0.0190. The number of methoxy groups -OCH3 is 3. The Labute approximate surface area is 214 Å². The molecule has 1 aromatic carbocycles. The van der Waals surface area contributed by atoms with Gasteiger partial charge in [0, 0.05) is 31.3 Å². The Balaban J connectivity index is 1.80. The summed E-state index contributed by atoms with van der Waals surface area (Å²) in [6.07, 6.45) is 3.28. The molecule has 2 fully saturated rings. The van der Waals surface area contributed by atoms with Crippen molar-refractivity contribution >= 4 is 5.97 Å². The number of aromatic carboxylic acids is 1. The topological polar surface area (TPSA) is 104 Å². The monoisotopic (exact) mass is 506 g/mol. The second kappa shape index (κ2) is 9.46. The number of carbonyl (C=O) groups is 1. The van der Waals surface area contributed by atoms with E-state index < -0.39 is 24.2 Å². The quantitative estimate of drug-likeness (QED) is 0.507. The largest absolute Gasteiger partial charge is 0.495 e. The molecule has 1 aliphatic heterocycles. The number of carboxylic acid groups (broad SMARTS) is 1. The van der Waals surface area contributed by atoms with E-state index in [0.717, 1.165) is 25.7 Å². The zero-order valence-electron chi connectivity index (χ0n) is 22.9. The van der Waals surface area contributed by atoms with Gasteiger partial charge in [-0.1, -0.05) is 27.2 Å². The van der Waals surface area contributed by atoms with Crippen LogP contribution >= 0.6 is 0 Å². The molecule has 1 aromatic rings. The summed E-state index contributed by atoms with van der Waals surface area (Å²) >= 11 is 0. The highest BCUT2D eigenvalue weighted by atomic mass is 16.8. The number of hydrogen-bond acceptors (Lipinski definition) is 7. The highest BCUT2D eigenvalue weighted by molar-refractivity contribution is 5.95.